The highest BCUT2D eigenvalue weighted by Crippen LogP contribution is 2.34. The van der Waals surface area contributed by atoms with Gasteiger partial charge in [0, 0.05) is 17.6 Å². The van der Waals surface area contributed by atoms with Crippen LogP contribution in [-0.2, 0) is 19.4 Å². The van der Waals surface area contributed by atoms with Crippen molar-refractivity contribution in [1.29, 1.82) is 0 Å². The van der Waals surface area contributed by atoms with Crippen LogP contribution < -0.4 is 5.73 Å². The summed E-state index contributed by atoms with van der Waals surface area (Å²) in [5.74, 6) is 0. The minimum atomic E-state index is 0.939. The van der Waals surface area contributed by atoms with Gasteiger partial charge in [0.1, 0.15) is 0 Å². The fourth-order valence-corrected chi connectivity index (χ4v) is 3.86. The molecule has 0 aliphatic heterocycles. The largest absolute Gasteiger partial charge is 0.397 e. The molecule has 0 fully saturated rings. The normalized spacial score (nSPS) is 15.8. The van der Waals surface area contributed by atoms with Crippen LogP contribution in [0.3, 0.4) is 0 Å². The van der Waals surface area contributed by atoms with Gasteiger partial charge in [-0.05, 0) is 64.4 Å². The molecule has 2 aromatic rings. The number of nitrogens with two attached hydrogens (primary N) is 1. The number of hydrogen-bond donors (Lipinski definition) is 1. The minimum Gasteiger partial charge on any atom is -0.397 e. The molecule has 120 valence electrons. The summed E-state index contributed by atoms with van der Waals surface area (Å²) >= 11 is 0. The summed E-state index contributed by atoms with van der Waals surface area (Å²) < 4.78 is 2.54. The number of hydrogen-bond acceptors (Lipinski definition) is 2. The Morgan fingerprint density at radius 2 is 1.86 bits per heavy atom. The lowest BCUT2D eigenvalue weighted by Crippen LogP contribution is -2.16. The zero-order valence-corrected chi connectivity index (χ0v) is 14.1. The van der Waals surface area contributed by atoms with Crippen LogP contribution in [-0.4, -0.2) is 30.1 Å². The number of anilines is 1. The molecule has 1 heterocycles. The Hall–Kier alpha value is -1.48. The molecule has 0 radical (unpaired) electrons. The number of fused-ring (bicyclic) bond motifs is 3. The van der Waals surface area contributed by atoms with Gasteiger partial charge in [0.25, 0.3) is 0 Å². The molecule has 0 saturated carbocycles. The molecular formula is C19H29N3. The van der Waals surface area contributed by atoms with E-state index in [1.165, 1.54) is 55.8 Å². The van der Waals surface area contributed by atoms with E-state index in [-0.39, 0.29) is 0 Å². The molecular weight excluding hydrogens is 270 g/mol. The van der Waals surface area contributed by atoms with Crippen LogP contribution in [0.15, 0.2) is 18.2 Å². The first-order chi connectivity index (χ1) is 10.7. The zero-order valence-electron chi connectivity index (χ0n) is 14.1. The molecule has 0 spiro atoms. The Balaban J connectivity index is 2.04. The topological polar surface area (TPSA) is 34.2 Å². The molecule has 0 atom stereocenters. The smallest absolute Gasteiger partial charge is 0.0718 e. The van der Waals surface area contributed by atoms with Crippen LogP contribution in [0.4, 0.5) is 5.69 Å². The molecule has 1 aliphatic carbocycles. The van der Waals surface area contributed by atoms with E-state index >= 15 is 0 Å². The van der Waals surface area contributed by atoms with Crippen molar-refractivity contribution in [3.05, 3.63) is 29.5 Å². The van der Waals surface area contributed by atoms with E-state index < -0.39 is 0 Å². The fraction of sp³-hybridized carbons (Fsp3) is 0.579. The zero-order chi connectivity index (χ0) is 15.5. The molecule has 3 rings (SSSR count). The SMILES string of the molecule is CN(C)CCCn1c2c(c3cccc(N)c31)CCCCCC2. The van der Waals surface area contributed by atoms with Crippen LogP contribution in [0.5, 0.6) is 0 Å². The van der Waals surface area contributed by atoms with Crippen LogP contribution >= 0.6 is 0 Å². The van der Waals surface area contributed by atoms with Gasteiger partial charge in [-0.25, -0.2) is 0 Å². The van der Waals surface area contributed by atoms with Gasteiger partial charge in [0.05, 0.1) is 11.2 Å². The van der Waals surface area contributed by atoms with Crippen molar-refractivity contribution < 1.29 is 0 Å². The Morgan fingerprint density at radius 3 is 2.64 bits per heavy atom. The van der Waals surface area contributed by atoms with E-state index in [0.717, 1.165) is 18.8 Å². The number of nitrogens with zero attached hydrogens (tertiary/aromatic N) is 2. The first-order valence-electron chi connectivity index (χ1n) is 8.71. The summed E-state index contributed by atoms with van der Waals surface area (Å²) in [6.45, 7) is 2.21. The summed E-state index contributed by atoms with van der Waals surface area (Å²) in [4.78, 5) is 2.26. The van der Waals surface area contributed by atoms with Crippen molar-refractivity contribution in [2.24, 2.45) is 0 Å². The number of aromatic nitrogens is 1. The number of aryl methyl sites for hydroxylation is 2. The van der Waals surface area contributed by atoms with Gasteiger partial charge < -0.3 is 15.2 Å². The Bertz CT molecular complexity index is 640. The fourth-order valence-electron chi connectivity index (χ4n) is 3.86. The monoisotopic (exact) mass is 299 g/mol. The van der Waals surface area contributed by atoms with E-state index in [4.69, 9.17) is 5.73 Å². The molecule has 1 aromatic carbocycles. The lowest BCUT2D eigenvalue weighted by atomic mass is 9.96. The predicted molar refractivity (Wildman–Crippen MR) is 95.4 cm³/mol. The van der Waals surface area contributed by atoms with Crippen molar-refractivity contribution in [3.63, 3.8) is 0 Å². The molecule has 2 N–H and O–H groups in total. The maximum Gasteiger partial charge on any atom is 0.0718 e. The summed E-state index contributed by atoms with van der Waals surface area (Å²) in [6, 6.07) is 6.44. The third-order valence-corrected chi connectivity index (χ3v) is 4.91. The Morgan fingerprint density at radius 1 is 1.09 bits per heavy atom. The molecule has 0 bridgehead atoms. The standard InChI is InChI=1S/C19H29N3/c1-21(2)13-8-14-22-18-12-6-4-3-5-9-15(18)16-10-7-11-17(20)19(16)22/h7,10-11H,3-6,8-9,12-14,20H2,1-2H3. The van der Waals surface area contributed by atoms with Crippen molar-refractivity contribution in [3.8, 4) is 0 Å². The van der Waals surface area contributed by atoms with Gasteiger partial charge in [-0.3, -0.25) is 0 Å². The summed E-state index contributed by atoms with van der Waals surface area (Å²) in [7, 11) is 4.29. The van der Waals surface area contributed by atoms with E-state index in [1.54, 1.807) is 11.3 Å². The molecule has 3 heteroatoms. The predicted octanol–water partition coefficient (Wildman–Crippen LogP) is 3.83. The number of para-hydroxylation sites is 1. The van der Waals surface area contributed by atoms with Crippen LogP contribution in [0.2, 0.25) is 0 Å². The molecule has 0 unspecified atom stereocenters. The second-order valence-electron chi connectivity index (χ2n) is 6.89. The third kappa shape index (κ3) is 3.00. The minimum absolute atomic E-state index is 0.939. The average molecular weight is 299 g/mol. The maximum absolute atomic E-state index is 6.35. The summed E-state index contributed by atoms with van der Waals surface area (Å²) in [5, 5.41) is 1.40. The van der Waals surface area contributed by atoms with E-state index in [1.807, 2.05) is 0 Å². The van der Waals surface area contributed by atoms with Crippen molar-refractivity contribution in [1.82, 2.24) is 9.47 Å². The lowest BCUT2D eigenvalue weighted by molar-refractivity contribution is 0.386. The van der Waals surface area contributed by atoms with Gasteiger partial charge in [-0.1, -0.05) is 25.0 Å². The van der Waals surface area contributed by atoms with Gasteiger partial charge >= 0.3 is 0 Å². The highest BCUT2D eigenvalue weighted by atomic mass is 15.1. The molecule has 1 aromatic heterocycles. The van der Waals surface area contributed by atoms with E-state index in [2.05, 4.69) is 41.8 Å². The molecule has 3 nitrogen and oxygen atoms in total. The van der Waals surface area contributed by atoms with Crippen LogP contribution in [0, 0.1) is 0 Å². The second-order valence-corrected chi connectivity index (χ2v) is 6.89. The van der Waals surface area contributed by atoms with Gasteiger partial charge in [-0.15, -0.1) is 0 Å². The molecule has 0 saturated heterocycles. The van der Waals surface area contributed by atoms with E-state index in [0.29, 0.717) is 0 Å². The van der Waals surface area contributed by atoms with Crippen molar-refractivity contribution in [2.75, 3.05) is 26.4 Å². The Labute approximate surface area is 134 Å². The van der Waals surface area contributed by atoms with Crippen LogP contribution in [0.1, 0.15) is 43.4 Å². The molecule has 1 aliphatic rings. The maximum atomic E-state index is 6.35. The highest BCUT2D eigenvalue weighted by Gasteiger charge is 2.19. The summed E-state index contributed by atoms with van der Waals surface area (Å²) in [5.41, 5.74) is 11.7. The molecule has 0 amide bonds. The van der Waals surface area contributed by atoms with Crippen LogP contribution in [0.25, 0.3) is 10.9 Å². The highest BCUT2D eigenvalue weighted by molar-refractivity contribution is 5.94. The number of rotatable bonds is 4. The average Bonchev–Trinajstić information content (AvgIpc) is 2.72. The number of benzene rings is 1. The third-order valence-electron chi connectivity index (χ3n) is 4.91. The first kappa shape index (κ1) is 15.4. The van der Waals surface area contributed by atoms with E-state index in [9.17, 15) is 0 Å². The van der Waals surface area contributed by atoms with Crippen molar-refractivity contribution >= 4 is 16.6 Å². The molecule has 22 heavy (non-hydrogen) atoms. The van der Waals surface area contributed by atoms with Gasteiger partial charge in [-0.2, -0.15) is 0 Å². The number of nitrogen functional groups attached to an aromatic ring is 1. The quantitative estimate of drug-likeness (QED) is 0.871. The summed E-state index contributed by atoms with van der Waals surface area (Å²) in [6.07, 6.45) is 8.98. The lowest BCUT2D eigenvalue weighted by Gasteiger charge is -2.16. The van der Waals surface area contributed by atoms with Crippen molar-refractivity contribution in [2.45, 2.75) is 51.5 Å². The first-order valence-corrected chi connectivity index (χ1v) is 8.71. The van der Waals surface area contributed by atoms with Gasteiger partial charge in [0.2, 0.25) is 0 Å². The Kier molecular flexibility index (Phi) is 4.72. The second kappa shape index (κ2) is 6.74. The van der Waals surface area contributed by atoms with Gasteiger partial charge in [0.15, 0.2) is 0 Å².